The van der Waals surface area contributed by atoms with E-state index in [1.54, 1.807) is 16.2 Å². The largest absolute Gasteiger partial charge is 0.361 e. The summed E-state index contributed by atoms with van der Waals surface area (Å²) in [6, 6.07) is 12.4. The number of carbonyl (C=O) groups excluding carboxylic acids is 2. The standard InChI is InChI=1S/C22H28N2O3S/c1-4-23-21(26)22(15-24(11-12-27-22)20(25)16(2)3)14-17-7-9-18(10-8-17)19-6-5-13-28-19/h5-10,13,16H,4,11-12,14-15H2,1-3H3,(H,23,26). The SMILES string of the molecule is CCNC(=O)C1(Cc2ccc(-c3cccs3)cc2)CN(C(=O)C(C)C)CCO1. The van der Waals surface area contributed by atoms with Crippen LogP contribution in [0.15, 0.2) is 41.8 Å². The molecule has 3 rings (SSSR count). The lowest BCUT2D eigenvalue weighted by molar-refractivity contribution is -0.167. The number of ether oxygens (including phenoxy) is 1. The summed E-state index contributed by atoms with van der Waals surface area (Å²) in [5.74, 6) is -0.196. The van der Waals surface area contributed by atoms with Crippen LogP contribution in [-0.4, -0.2) is 48.6 Å². The van der Waals surface area contributed by atoms with Crippen molar-refractivity contribution in [3.8, 4) is 10.4 Å². The van der Waals surface area contributed by atoms with E-state index in [-0.39, 0.29) is 24.3 Å². The molecule has 1 unspecified atom stereocenters. The third kappa shape index (κ3) is 4.45. The topological polar surface area (TPSA) is 58.6 Å². The van der Waals surface area contributed by atoms with Gasteiger partial charge >= 0.3 is 0 Å². The van der Waals surface area contributed by atoms with Crippen LogP contribution >= 0.6 is 11.3 Å². The van der Waals surface area contributed by atoms with E-state index in [1.807, 2.05) is 39.0 Å². The van der Waals surface area contributed by atoms with E-state index in [1.165, 1.54) is 4.88 Å². The monoisotopic (exact) mass is 400 g/mol. The lowest BCUT2D eigenvalue weighted by Crippen LogP contribution is -2.62. The Balaban J connectivity index is 1.83. The van der Waals surface area contributed by atoms with Gasteiger partial charge < -0.3 is 15.0 Å². The summed E-state index contributed by atoms with van der Waals surface area (Å²) in [5.41, 5.74) is 1.13. The molecule has 1 aliphatic rings. The van der Waals surface area contributed by atoms with E-state index in [0.29, 0.717) is 26.1 Å². The third-order valence-electron chi connectivity index (χ3n) is 4.99. The third-order valence-corrected chi connectivity index (χ3v) is 5.91. The molecule has 0 radical (unpaired) electrons. The summed E-state index contributed by atoms with van der Waals surface area (Å²) in [6.07, 6.45) is 0.436. The van der Waals surface area contributed by atoms with E-state index in [9.17, 15) is 9.59 Å². The fourth-order valence-corrected chi connectivity index (χ4v) is 4.28. The van der Waals surface area contributed by atoms with Crippen molar-refractivity contribution in [1.82, 2.24) is 10.2 Å². The molecule has 2 amide bonds. The van der Waals surface area contributed by atoms with Gasteiger partial charge in [0.1, 0.15) is 0 Å². The van der Waals surface area contributed by atoms with E-state index in [4.69, 9.17) is 4.74 Å². The second-order valence-corrected chi connectivity index (χ2v) is 8.42. The number of amides is 2. The number of benzene rings is 1. The summed E-state index contributed by atoms with van der Waals surface area (Å²) in [4.78, 5) is 28.5. The normalized spacial score (nSPS) is 19.6. The molecule has 2 heterocycles. The van der Waals surface area contributed by atoms with Crippen molar-refractivity contribution < 1.29 is 14.3 Å². The molecule has 0 spiro atoms. The van der Waals surface area contributed by atoms with Crippen molar-refractivity contribution in [3.63, 3.8) is 0 Å². The van der Waals surface area contributed by atoms with Gasteiger partial charge in [0.2, 0.25) is 5.91 Å². The van der Waals surface area contributed by atoms with Gasteiger partial charge in [-0.3, -0.25) is 9.59 Å². The maximum absolute atomic E-state index is 12.9. The van der Waals surface area contributed by atoms with E-state index in [2.05, 4.69) is 28.9 Å². The summed E-state index contributed by atoms with van der Waals surface area (Å²) in [5, 5.41) is 4.96. The zero-order chi connectivity index (χ0) is 20.1. The van der Waals surface area contributed by atoms with Gasteiger partial charge in [0.15, 0.2) is 5.60 Å². The van der Waals surface area contributed by atoms with Gasteiger partial charge in [0.25, 0.3) is 5.91 Å². The number of nitrogens with one attached hydrogen (secondary N) is 1. The molecule has 1 aromatic heterocycles. The molecule has 0 saturated carbocycles. The number of nitrogens with zero attached hydrogens (tertiary/aromatic N) is 1. The number of morpholine rings is 1. The molecule has 6 heteroatoms. The molecular weight excluding hydrogens is 372 g/mol. The Bertz CT molecular complexity index is 802. The quantitative estimate of drug-likeness (QED) is 0.809. The fraction of sp³-hybridized carbons (Fsp3) is 0.455. The second kappa shape index (κ2) is 8.88. The fourth-order valence-electron chi connectivity index (χ4n) is 3.54. The highest BCUT2D eigenvalue weighted by Crippen LogP contribution is 2.28. The van der Waals surface area contributed by atoms with Crippen LogP contribution in [0.1, 0.15) is 26.3 Å². The highest BCUT2D eigenvalue weighted by molar-refractivity contribution is 7.13. The van der Waals surface area contributed by atoms with Crippen LogP contribution in [0.5, 0.6) is 0 Å². The number of hydrogen-bond acceptors (Lipinski definition) is 4. The molecule has 1 fully saturated rings. The molecule has 5 nitrogen and oxygen atoms in total. The average molecular weight is 401 g/mol. The zero-order valence-corrected chi connectivity index (χ0v) is 17.6. The van der Waals surface area contributed by atoms with Crippen LogP contribution in [-0.2, 0) is 20.7 Å². The van der Waals surface area contributed by atoms with Crippen molar-refractivity contribution >= 4 is 23.2 Å². The first-order valence-corrected chi connectivity index (χ1v) is 10.7. The first-order chi connectivity index (χ1) is 13.4. The smallest absolute Gasteiger partial charge is 0.254 e. The van der Waals surface area contributed by atoms with Crippen molar-refractivity contribution in [1.29, 1.82) is 0 Å². The van der Waals surface area contributed by atoms with Crippen LogP contribution < -0.4 is 5.32 Å². The van der Waals surface area contributed by atoms with Crippen LogP contribution in [0.2, 0.25) is 0 Å². The van der Waals surface area contributed by atoms with Crippen LogP contribution in [0.25, 0.3) is 10.4 Å². The Morgan fingerprint density at radius 3 is 2.61 bits per heavy atom. The molecule has 1 saturated heterocycles. The molecule has 1 aromatic carbocycles. The lowest BCUT2D eigenvalue weighted by atomic mass is 9.90. The van der Waals surface area contributed by atoms with Gasteiger partial charge in [-0.1, -0.05) is 44.2 Å². The Labute approximate surface area is 170 Å². The summed E-state index contributed by atoms with van der Waals surface area (Å²) >= 11 is 1.70. The number of thiophene rings is 1. The van der Waals surface area contributed by atoms with E-state index < -0.39 is 5.60 Å². The minimum absolute atomic E-state index is 0.0602. The van der Waals surface area contributed by atoms with Crippen molar-refractivity contribution in [3.05, 3.63) is 47.3 Å². The van der Waals surface area contributed by atoms with Gasteiger partial charge in [-0.15, -0.1) is 11.3 Å². The van der Waals surface area contributed by atoms with Gasteiger partial charge in [-0.05, 0) is 29.5 Å². The molecule has 1 atom stereocenters. The molecule has 1 N–H and O–H groups in total. The van der Waals surface area contributed by atoms with Crippen molar-refractivity contribution in [2.24, 2.45) is 5.92 Å². The molecule has 0 aliphatic carbocycles. The van der Waals surface area contributed by atoms with Crippen LogP contribution in [0.3, 0.4) is 0 Å². The number of likely N-dealkylation sites (N-methyl/N-ethyl adjacent to an activating group) is 1. The molecule has 28 heavy (non-hydrogen) atoms. The highest BCUT2D eigenvalue weighted by atomic mass is 32.1. The summed E-state index contributed by atoms with van der Waals surface area (Å²) < 4.78 is 6.04. The van der Waals surface area contributed by atoms with Gasteiger partial charge in [-0.25, -0.2) is 0 Å². The lowest BCUT2D eigenvalue weighted by Gasteiger charge is -2.42. The number of carbonyl (C=O) groups is 2. The zero-order valence-electron chi connectivity index (χ0n) is 16.7. The Kier molecular flexibility index (Phi) is 6.52. The minimum Gasteiger partial charge on any atom is -0.361 e. The van der Waals surface area contributed by atoms with Crippen LogP contribution in [0, 0.1) is 5.92 Å². The van der Waals surface area contributed by atoms with Crippen molar-refractivity contribution in [2.45, 2.75) is 32.8 Å². The van der Waals surface area contributed by atoms with E-state index in [0.717, 1.165) is 11.1 Å². The van der Waals surface area contributed by atoms with Crippen LogP contribution in [0.4, 0.5) is 0 Å². The predicted molar refractivity (Wildman–Crippen MR) is 112 cm³/mol. The highest BCUT2D eigenvalue weighted by Gasteiger charge is 2.45. The molecule has 2 aromatic rings. The minimum atomic E-state index is -1.05. The molecule has 1 aliphatic heterocycles. The second-order valence-electron chi connectivity index (χ2n) is 7.47. The first-order valence-electron chi connectivity index (χ1n) is 9.79. The maximum Gasteiger partial charge on any atom is 0.254 e. The molecule has 150 valence electrons. The Morgan fingerprint density at radius 1 is 1.25 bits per heavy atom. The van der Waals surface area contributed by atoms with Gasteiger partial charge in [-0.2, -0.15) is 0 Å². The Hall–Kier alpha value is -2.18. The summed E-state index contributed by atoms with van der Waals surface area (Å²) in [7, 11) is 0. The van der Waals surface area contributed by atoms with E-state index >= 15 is 0 Å². The van der Waals surface area contributed by atoms with Crippen molar-refractivity contribution in [2.75, 3.05) is 26.2 Å². The number of hydrogen-bond donors (Lipinski definition) is 1. The Morgan fingerprint density at radius 2 is 2.00 bits per heavy atom. The number of rotatable bonds is 6. The molecule has 0 bridgehead atoms. The summed E-state index contributed by atoms with van der Waals surface area (Å²) in [6.45, 7) is 7.35. The average Bonchev–Trinajstić information content (AvgIpc) is 3.23. The van der Waals surface area contributed by atoms with Gasteiger partial charge in [0, 0.05) is 30.3 Å². The van der Waals surface area contributed by atoms with Gasteiger partial charge in [0.05, 0.1) is 13.2 Å². The predicted octanol–water partition coefficient (Wildman–Crippen LogP) is 3.35. The first kappa shape index (κ1) is 20.6. The molecular formula is C22H28N2O3S. The maximum atomic E-state index is 12.9.